The Morgan fingerprint density at radius 1 is 1.36 bits per heavy atom. The molecule has 1 aromatic carbocycles. The highest BCUT2D eigenvalue weighted by molar-refractivity contribution is 5.96. The fraction of sp³-hybridized carbons (Fsp3) is 0.375. The summed E-state index contributed by atoms with van der Waals surface area (Å²) in [5.74, 6) is 0.471. The molecule has 0 spiro atoms. The Kier molecular flexibility index (Phi) is 6.59. The third kappa shape index (κ3) is 4.08. The number of nitrogens with zero attached hydrogens (tertiary/aromatic N) is 1. The van der Waals surface area contributed by atoms with Crippen LogP contribution in [0.4, 0.5) is 0 Å². The van der Waals surface area contributed by atoms with Crippen LogP contribution in [0.25, 0.3) is 0 Å². The number of nitrogens with two attached hydrogens (primary N) is 1. The second-order valence-electron chi connectivity index (χ2n) is 5.13. The van der Waals surface area contributed by atoms with Crippen molar-refractivity contribution in [3.8, 4) is 0 Å². The van der Waals surface area contributed by atoms with Gasteiger partial charge in [0.15, 0.2) is 0 Å². The number of aryl methyl sites for hydroxylation is 2. The minimum Gasteiger partial charge on any atom is -0.360 e. The number of amides is 1. The van der Waals surface area contributed by atoms with Crippen molar-refractivity contribution in [3.63, 3.8) is 0 Å². The predicted octanol–water partition coefficient (Wildman–Crippen LogP) is 2.92. The topological polar surface area (TPSA) is 81.2 Å². The number of rotatable bonds is 5. The van der Waals surface area contributed by atoms with Gasteiger partial charge in [-0.2, -0.15) is 0 Å². The minimum absolute atomic E-state index is 0. The Morgan fingerprint density at radius 3 is 2.55 bits per heavy atom. The first-order valence-corrected chi connectivity index (χ1v) is 7.10. The SMILES string of the molecule is CCc1onc(C)c1C(=O)NCc1ccc(C(C)N)cc1.Cl. The van der Waals surface area contributed by atoms with Crippen LogP contribution >= 0.6 is 12.4 Å². The fourth-order valence-electron chi connectivity index (χ4n) is 2.16. The molecule has 0 aliphatic heterocycles. The molecule has 1 aromatic heterocycles. The molecule has 6 heteroatoms. The van der Waals surface area contributed by atoms with Crippen molar-refractivity contribution in [2.24, 2.45) is 5.73 Å². The van der Waals surface area contributed by atoms with Crippen LogP contribution in [0.3, 0.4) is 0 Å². The maximum atomic E-state index is 12.2. The van der Waals surface area contributed by atoms with Crippen LogP contribution in [0.5, 0.6) is 0 Å². The Labute approximate surface area is 136 Å². The number of benzene rings is 1. The highest BCUT2D eigenvalue weighted by Crippen LogP contribution is 2.15. The predicted molar refractivity (Wildman–Crippen MR) is 88.1 cm³/mol. The van der Waals surface area contributed by atoms with Gasteiger partial charge in [0.2, 0.25) is 0 Å². The molecule has 5 nitrogen and oxygen atoms in total. The summed E-state index contributed by atoms with van der Waals surface area (Å²) in [6, 6.07) is 7.92. The van der Waals surface area contributed by atoms with Gasteiger partial charge in [-0.15, -0.1) is 12.4 Å². The molecule has 120 valence electrons. The molecule has 1 unspecified atom stereocenters. The number of nitrogens with one attached hydrogen (secondary N) is 1. The van der Waals surface area contributed by atoms with Crippen molar-refractivity contribution in [2.45, 2.75) is 39.8 Å². The molecule has 1 amide bonds. The first kappa shape index (κ1) is 18.2. The lowest BCUT2D eigenvalue weighted by Crippen LogP contribution is -2.24. The van der Waals surface area contributed by atoms with Crippen LogP contribution in [0.2, 0.25) is 0 Å². The number of hydrogen-bond acceptors (Lipinski definition) is 4. The van der Waals surface area contributed by atoms with Crippen molar-refractivity contribution >= 4 is 18.3 Å². The fourth-order valence-corrected chi connectivity index (χ4v) is 2.16. The van der Waals surface area contributed by atoms with E-state index < -0.39 is 0 Å². The number of aromatic nitrogens is 1. The lowest BCUT2D eigenvalue weighted by Gasteiger charge is -2.08. The van der Waals surface area contributed by atoms with Crippen LogP contribution < -0.4 is 11.1 Å². The molecule has 2 aromatic rings. The van der Waals surface area contributed by atoms with Crippen LogP contribution in [0, 0.1) is 6.92 Å². The van der Waals surface area contributed by atoms with E-state index in [1.807, 2.05) is 38.1 Å². The number of carbonyl (C=O) groups is 1. The third-order valence-electron chi connectivity index (χ3n) is 3.44. The van der Waals surface area contributed by atoms with Gasteiger partial charge in [-0.1, -0.05) is 36.3 Å². The van der Waals surface area contributed by atoms with E-state index in [-0.39, 0.29) is 24.4 Å². The first-order chi connectivity index (χ1) is 10.0. The molecule has 0 saturated heterocycles. The molecule has 2 rings (SSSR count). The summed E-state index contributed by atoms with van der Waals surface area (Å²) >= 11 is 0. The maximum Gasteiger partial charge on any atom is 0.257 e. The zero-order valence-corrected chi connectivity index (χ0v) is 13.9. The second-order valence-corrected chi connectivity index (χ2v) is 5.13. The van der Waals surface area contributed by atoms with Gasteiger partial charge in [0, 0.05) is 19.0 Å². The van der Waals surface area contributed by atoms with Gasteiger partial charge in [-0.3, -0.25) is 4.79 Å². The number of carbonyl (C=O) groups excluding carboxylic acids is 1. The summed E-state index contributed by atoms with van der Waals surface area (Å²) in [7, 11) is 0. The van der Waals surface area contributed by atoms with Crippen molar-refractivity contribution in [1.29, 1.82) is 0 Å². The molecule has 0 bridgehead atoms. The van der Waals surface area contributed by atoms with E-state index >= 15 is 0 Å². The number of halogens is 1. The van der Waals surface area contributed by atoms with E-state index in [2.05, 4.69) is 10.5 Å². The van der Waals surface area contributed by atoms with E-state index in [4.69, 9.17) is 10.3 Å². The van der Waals surface area contributed by atoms with Gasteiger partial charge >= 0.3 is 0 Å². The zero-order chi connectivity index (χ0) is 15.4. The summed E-state index contributed by atoms with van der Waals surface area (Å²) in [6.07, 6.45) is 0.646. The van der Waals surface area contributed by atoms with Crippen molar-refractivity contribution in [3.05, 3.63) is 52.4 Å². The molecule has 22 heavy (non-hydrogen) atoms. The third-order valence-corrected chi connectivity index (χ3v) is 3.44. The lowest BCUT2D eigenvalue weighted by molar-refractivity contribution is 0.0948. The lowest BCUT2D eigenvalue weighted by atomic mass is 10.1. The zero-order valence-electron chi connectivity index (χ0n) is 13.1. The normalized spacial score (nSPS) is 11.6. The molecule has 0 aliphatic carbocycles. The molecule has 1 heterocycles. The molecule has 0 fully saturated rings. The van der Waals surface area contributed by atoms with Gasteiger partial charge < -0.3 is 15.6 Å². The standard InChI is InChI=1S/C16H21N3O2.ClH/c1-4-14-15(11(3)19-21-14)16(20)18-9-12-5-7-13(8-6-12)10(2)17;/h5-8,10H,4,9,17H2,1-3H3,(H,18,20);1H. The average molecular weight is 324 g/mol. The average Bonchev–Trinajstić information content (AvgIpc) is 2.86. The quantitative estimate of drug-likeness (QED) is 0.886. The van der Waals surface area contributed by atoms with E-state index in [1.165, 1.54) is 0 Å². The van der Waals surface area contributed by atoms with Crippen LogP contribution in [0.1, 0.15) is 52.8 Å². The minimum atomic E-state index is -0.151. The summed E-state index contributed by atoms with van der Waals surface area (Å²) < 4.78 is 5.14. The van der Waals surface area contributed by atoms with Crippen LogP contribution in [-0.4, -0.2) is 11.1 Å². The monoisotopic (exact) mass is 323 g/mol. The van der Waals surface area contributed by atoms with Gasteiger partial charge in [-0.05, 0) is 25.0 Å². The number of hydrogen-bond donors (Lipinski definition) is 2. The summed E-state index contributed by atoms with van der Waals surface area (Å²) in [5.41, 5.74) is 9.08. The van der Waals surface area contributed by atoms with Gasteiger partial charge in [0.05, 0.1) is 5.69 Å². The summed E-state index contributed by atoms with van der Waals surface area (Å²) in [6.45, 7) is 6.11. The van der Waals surface area contributed by atoms with Crippen molar-refractivity contribution in [2.75, 3.05) is 0 Å². The van der Waals surface area contributed by atoms with E-state index in [1.54, 1.807) is 6.92 Å². The molecule has 0 radical (unpaired) electrons. The van der Waals surface area contributed by atoms with Gasteiger partial charge in [-0.25, -0.2) is 0 Å². The molecule has 0 saturated carbocycles. The van der Waals surface area contributed by atoms with Crippen molar-refractivity contribution in [1.82, 2.24) is 10.5 Å². The highest BCUT2D eigenvalue weighted by atomic mass is 35.5. The Bertz CT molecular complexity index is 621. The highest BCUT2D eigenvalue weighted by Gasteiger charge is 2.18. The van der Waals surface area contributed by atoms with Crippen LogP contribution in [0.15, 0.2) is 28.8 Å². The Balaban J connectivity index is 0.00000242. The van der Waals surface area contributed by atoms with E-state index in [0.717, 1.165) is 11.1 Å². The molecular formula is C16H22ClN3O2. The Hall–Kier alpha value is -1.85. The summed E-state index contributed by atoms with van der Waals surface area (Å²) in [5, 5.41) is 6.74. The smallest absolute Gasteiger partial charge is 0.257 e. The van der Waals surface area contributed by atoms with Gasteiger partial charge in [0.25, 0.3) is 5.91 Å². The molecule has 1 atom stereocenters. The van der Waals surface area contributed by atoms with E-state index in [9.17, 15) is 4.79 Å². The molecule has 0 aliphatic rings. The largest absolute Gasteiger partial charge is 0.360 e. The summed E-state index contributed by atoms with van der Waals surface area (Å²) in [4.78, 5) is 12.2. The Morgan fingerprint density at radius 2 is 2.00 bits per heavy atom. The maximum absolute atomic E-state index is 12.2. The molecule has 3 N–H and O–H groups in total. The van der Waals surface area contributed by atoms with Crippen LogP contribution in [-0.2, 0) is 13.0 Å². The molecular weight excluding hydrogens is 302 g/mol. The van der Waals surface area contributed by atoms with Crippen molar-refractivity contribution < 1.29 is 9.32 Å². The van der Waals surface area contributed by atoms with Gasteiger partial charge in [0.1, 0.15) is 11.3 Å². The first-order valence-electron chi connectivity index (χ1n) is 7.10. The van der Waals surface area contributed by atoms with E-state index in [0.29, 0.717) is 30.0 Å². The second kappa shape index (κ2) is 7.96.